The van der Waals surface area contributed by atoms with Gasteiger partial charge in [0.1, 0.15) is 18.0 Å². The van der Waals surface area contributed by atoms with Crippen LogP contribution in [0.5, 0.6) is 11.6 Å². The van der Waals surface area contributed by atoms with Crippen LogP contribution in [0.4, 0.5) is 0 Å². The van der Waals surface area contributed by atoms with E-state index in [2.05, 4.69) is 4.98 Å². The molecule has 2 heterocycles. The summed E-state index contributed by atoms with van der Waals surface area (Å²) in [6.45, 7) is 5.84. The predicted octanol–water partition coefficient (Wildman–Crippen LogP) is 2.92. The van der Waals surface area contributed by atoms with E-state index in [4.69, 9.17) is 15.2 Å². The summed E-state index contributed by atoms with van der Waals surface area (Å²) in [5.41, 5.74) is 9.66. The van der Waals surface area contributed by atoms with Crippen molar-refractivity contribution in [3.63, 3.8) is 0 Å². The van der Waals surface area contributed by atoms with E-state index < -0.39 is 0 Å². The van der Waals surface area contributed by atoms with Crippen molar-refractivity contribution >= 4 is 5.65 Å². The molecule has 0 aliphatic heterocycles. The maximum Gasteiger partial charge on any atom is 0.264 e. The molecular formula is C20H23N3O3. The molecule has 0 saturated carbocycles. The highest BCUT2D eigenvalue weighted by atomic mass is 16.5. The highest BCUT2D eigenvalue weighted by Gasteiger charge is 2.15. The van der Waals surface area contributed by atoms with E-state index in [9.17, 15) is 4.79 Å². The van der Waals surface area contributed by atoms with Crippen molar-refractivity contribution in [2.75, 3.05) is 7.11 Å². The van der Waals surface area contributed by atoms with Gasteiger partial charge in [-0.2, -0.15) is 4.98 Å². The zero-order valence-electron chi connectivity index (χ0n) is 15.4. The fourth-order valence-corrected chi connectivity index (χ4v) is 2.83. The lowest BCUT2D eigenvalue weighted by atomic mass is 10.1. The summed E-state index contributed by atoms with van der Waals surface area (Å²) in [6, 6.07) is 9.28. The molecule has 0 amide bonds. The zero-order chi connectivity index (χ0) is 18.8. The number of aryl methyl sites for hydroxylation is 1. The lowest BCUT2D eigenvalue weighted by molar-refractivity contribution is 0.291. The Morgan fingerprint density at radius 1 is 1.23 bits per heavy atom. The Hall–Kier alpha value is -2.86. The predicted molar refractivity (Wildman–Crippen MR) is 101 cm³/mol. The minimum absolute atomic E-state index is 0.148. The van der Waals surface area contributed by atoms with Gasteiger partial charge in [0, 0.05) is 17.8 Å². The van der Waals surface area contributed by atoms with Gasteiger partial charge in [-0.05, 0) is 50.1 Å². The molecule has 0 spiro atoms. The van der Waals surface area contributed by atoms with Crippen LogP contribution in [-0.2, 0) is 6.61 Å². The molecule has 1 atom stereocenters. The van der Waals surface area contributed by atoms with Gasteiger partial charge in [0.15, 0.2) is 0 Å². The Bertz CT molecular complexity index is 992. The molecule has 3 rings (SSSR count). The third-order valence-corrected chi connectivity index (χ3v) is 4.30. The number of aromatic nitrogens is 2. The number of methoxy groups -OCH3 is 1. The van der Waals surface area contributed by atoms with E-state index in [-0.39, 0.29) is 11.6 Å². The summed E-state index contributed by atoms with van der Waals surface area (Å²) >= 11 is 0. The van der Waals surface area contributed by atoms with Gasteiger partial charge < -0.3 is 15.2 Å². The molecule has 2 aromatic heterocycles. The summed E-state index contributed by atoms with van der Waals surface area (Å²) in [7, 11) is 1.62. The van der Waals surface area contributed by atoms with Gasteiger partial charge in [-0.15, -0.1) is 0 Å². The van der Waals surface area contributed by atoms with Gasteiger partial charge in [0.05, 0.1) is 12.7 Å². The van der Waals surface area contributed by atoms with Crippen LogP contribution >= 0.6 is 0 Å². The first-order valence-electron chi connectivity index (χ1n) is 8.45. The van der Waals surface area contributed by atoms with E-state index in [0.29, 0.717) is 23.7 Å². The van der Waals surface area contributed by atoms with Gasteiger partial charge in [-0.3, -0.25) is 9.20 Å². The molecule has 0 aliphatic rings. The van der Waals surface area contributed by atoms with Crippen molar-refractivity contribution in [2.45, 2.75) is 33.4 Å². The molecule has 136 valence electrons. The Balaban J connectivity index is 2.00. The number of fused-ring (bicyclic) bond motifs is 1. The van der Waals surface area contributed by atoms with E-state index in [1.807, 2.05) is 44.2 Å². The standard InChI is InChI=1S/C20H23N3O3/c1-12-9-17(14(3)21)18-22-19(13(2)20(24)23(18)10-12)26-11-15-5-7-16(25-4)8-6-15/h5-10,14H,11,21H2,1-4H3/t14-/m1/s1. The van der Waals surface area contributed by atoms with Crippen LogP contribution in [0.15, 0.2) is 41.3 Å². The largest absolute Gasteiger partial charge is 0.497 e. The number of benzene rings is 1. The number of pyridine rings is 1. The topological polar surface area (TPSA) is 78.8 Å². The van der Waals surface area contributed by atoms with Crippen LogP contribution in [0.1, 0.15) is 35.2 Å². The summed E-state index contributed by atoms with van der Waals surface area (Å²) < 4.78 is 12.5. The summed E-state index contributed by atoms with van der Waals surface area (Å²) in [6.07, 6.45) is 1.77. The third-order valence-electron chi connectivity index (χ3n) is 4.30. The fourth-order valence-electron chi connectivity index (χ4n) is 2.83. The average molecular weight is 353 g/mol. The van der Waals surface area contributed by atoms with Crippen LogP contribution in [0, 0.1) is 13.8 Å². The first-order chi connectivity index (χ1) is 12.4. The Morgan fingerprint density at radius 3 is 2.54 bits per heavy atom. The molecule has 0 fully saturated rings. The maximum absolute atomic E-state index is 12.8. The molecule has 0 radical (unpaired) electrons. The van der Waals surface area contributed by atoms with E-state index in [0.717, 1.165) is 22.4 Å². The molecule has 6 heteroatoms. The second kappa shape index (κ2) is 7.17. The van der Waals surface area contributed by atoms with Gasteiger partial charge in [0.2, 0.25) is 5.88 Å². The molecule has 0 saturated heterocycles. The smallest absolute Gasteiger partial charge is 0.264 e. The Kier molecular flexibility index (Phi) is 4.95. The van der Waals surface area contributed by atoms with Gasteiger partial charge in [-0.25, -0.2) is 0 Å². The molecule has 6 nitrogen and oxygen atoms in total. The van der Waals surface area contributed by atoms with Crippen LogP contribution in [0.25, 0.3) is 5.65 Å². The zero-order valence-corrected chi connectivity index (χ0v) is 15.4. The van der Waals surface area contributed by atoms with Crippen LogP contribution in [-0.4, -0.2) is 16.5 Å². The number of ether oxygens (including phenoxy) is 2. The number of hydrogen-bond acceptors (Lipinski definition) is 5. The number of hydrogen-bond donors (Lipinski definition) is 1. The molecule has 0 bridgehead atoms. The van der Waals surface area contributed by atoms with E-state index in [1.54, 1.807) is 24.6 Å². The molecule has 1 aromatic carbocycles. The van der Waals surface area contributed by atoms with Crippen LogP contribution in [0.2, 0.25) is 0 Å². The molecule has 26 heavy (non-hydrogen) atoms. The fraction of sp³-hybridized carbons (Fsp3) is 0.300. The van der Waals surface area contributed by atoms with Gasteiger partial charge >= 0.3 is 0 Å². The number of rotatable bonds is 5. The molecule has 3 aromatic rings. The lowest BCUT2D eigenvalue weighted by Crippen LogP contribution is -2.22. The van der Waals surface area contributed by atoms with Crippen LogP contribution in [0.3, 0.4) is 0 Å². The van der Waals surface area contributed by atoms with Gasteiger partial charge in [0.25, 0.3) is 5.56 Å². The molecule has 0 aliphatic carbocycles. The minimum Gasteiger partial charge on any atom is -0.497 e. The van der Waals surface area contributed by atoms with Crippen LogP contribution < -0.4 is 20.8 Å². The van der Waals surface area contributed by atoms with E-state index in [1.165, 1.54) is 0 Å². The number of nitrogens with two attached hydrogens (primary N) is 1. The summed E-state index contributed by atoms with van der Waals surface area (Å²) in [4.78, 5) is 17.3. The van der Waals surface area contributed by atoms with E-state index >= 15 is 0 Å². The van der Waals surface area contributed by atoms with Crippen molar-refractivity contribution in [3.8, 4) is 11.6 Å². The first kappa shape index (κ1) is 17.9. The Morgan fingerprint density at radius 2 is 1.92 bits per heavy atom. The van der Waals surface area contributed by atoms with Gasteiger partial charge in [-0.1, -0.05) is 12.1 Å². The van der Waals surface area contributed by atoms with Crippen molar-refractivity contribution in [2.24, 2.45) is 5.73 Å². The SMILES string of the molecule is COc1ccc(COc2nc3c([C@@H](C)N)cc(C)cn3c(=O)c2C)cc1. The lowest BCUT2D eigenvalue weighted by Gasteiger charge is -2.15. The molecule has 2 N–H and O–H groups in total. The highest BCUT2D eigenvalue weighted by Crippen LogP contribution is 2.21. The quantitative estimate of drug-likeness (QED) is 0.763. The molecular weight excluding hydrogens is 330 g/mol. The normalized spacial score (nSPS) is 12.2. The second-order valence-corrected chi connectivity index (χ2v) is 6.44. The maximum atomic E-state index is 12.8. The minimum atomic E-state index is -0.242. The summed E-state index contributed by atoms with van der Waals surface area (Å²) in [5, 5.41) is 0. The number of nitrogens with zero attached hydrogens (tertiary/aromatic N) is 2. The van der Waals surface area contributed by atoms with Crippen molar-refractivity contribution in [1.82, 2.24) is 9.38 Å². The second-order valence-electron chi connectivity index (χ2n) is 6.44. The highest BCUT2D eigenvalue weighted by molar-refractivity contribution is 5.53. The first-order valence-corrected chi connectivity index (χ1v) is 8.45. The Labute approximate surface area is 152 Å². The monoisotopic (exact) mass is 353 g/mol. The van der Waals surface area contributed by atoms with Crippen molar-refractivity contribution in [3.05, 3.63) is 69.1 Å². The van der Waals surface area contributed by atoms with Crippen molar-refractivity contribution < 1.29 is 9.47 Å². The third kappa shape index (κ3) is 3.41. The average Bonchev–Trinajstić information content (AvgIpc) is 2.63. The molecule has 0 unspecified atom stereocenters. The summed E-state index contributed by atoms with van der Waals surface area (Å²) in [5.74, 6) is 1.11. The van der Waals surface area contributed by atoms with Crippen molar-refractivity contribution in [1.29, 1.82) is 0 Å².